The number of nitrogens with one attached hydrogen (secondary N) is 1. The maximum absolute atomic E-state index is 5.55. The molecule has 1 aliphatic rings. The first-order chi connectivity index (χ1) is 8.13. The molecular weight excluding hydrogens is 210 g/mol. The molecule has 0 atom stereocenters. The molecule has 0 spiro atoms. The van der Waals surface area contributed by atoms with Crippen LogP contribution in [0.5, 0.6) is 5.75 Å². The fraction of sp³-hybridized carbons (Fsp3) is 0.600. The van der Waals surface area contributed by atoms with Gasteiger partial charge in [0.05, 0.1) is 6.61 Å². The summed E-state index contributed by atoms with van der Waals surface area (Å²) in [5, 5.41) is 3.40. The van der Waals surface area contributed by atoms with Gasteiger partial charge >= 0.3 is 0 Å². The summed E-state index contributed by atoms with van der Waals surface area (Å²) in [5.41, 5.74) is 3.04. The minimum absolute atomic E-state index is 0.236. The van der Waals surface area contributed by atoms with Crippen molar-refractivity contribution in [1.29, 1.82) is 0 Å². The van der Waals surface area contributed by atoms with Crippen LogP contribution in [0.2, 0.25) is 0 Å². The standard InChI is InChI=1S/C15H23NO/c1-4-16-9-8-15(2,3)13-5-6-14-12(11-13)7-10-17-14/h5-6,11,16H,4,7-10H2,1-3H3. The normalized spacial score (nSPS) is 14.5. The molecule has 0 aliphatic carbocycles. The van der Waals surface area contributed by atoms with Crippen LogP contribution >= 0.6 is 0 Å². The molecule has 1 aromatic rings. The fourth-order valence-electron chi connectivity index (χ4n) is 2.33. The first-order valence-corrected chi connectivity index (χ1v) is 6.60. The van der Waals surface area contributed by atoms with Crippen molar-refractivity contribution in [3.8, 4) is 5.75 Å². The second-order valence-corrected chi connectivity index (χ2v) is 5.41. The highest BCUT2D eigenvalue weighted by Gasteiger charge is 2.22. The molecular formula is C15H23NO. The van der Waals surface area contributed by atoms with Gasteiger partial charge in [0.1, 0.15) is 5.75 Å². The molecule has 0 amide bonds. The zero-order valence-corrected chi connectivity index (χ0v) is 11.2. The van der Waals surface area contributed by atoms with Crippen molar-refractivity contribution >= 4 is 0 Å². The van der Waals surface area contributed by atoms with Gasteiger partial charge in [-0.1, -0.05) is 32.9 Å². The molecule has 1 N–H and O–H groups in total. The lowest BCUT2D eigenvalue weighted by molar-refractivity contribution is 0.356. The van der Waals surface area contributed by atoms with Crippen LogP contribution in [-0.2, 0) is 11.8 Å². The van der Waals surface area contributed by atoms with E-state index in [1.54, 1.807) is 0 Å². The van der Waals surface area contributed by atoms with Crippen molar-refractivity contribution < 1.29 is 4.74 Å². The summed E-state index contributed by atoms with van der Waals surface area (Å²) in [5.74, 6) is 1.08. The lowest BCUT2D eigenvalue weighted by atomic mass is 9.81. The maximum Gasteiger partial charge on any atom is 0.122 e. The molecule has 2 rings (SSSR count). The van der Waals surface area contributed by atoms with Crippen LogP contribution in [0.4, 0.5) is 0 Å². The maximum atomic E-state index is 5.55. The van der Waals surface area contributed by atoms with Crippen LogP contribution in [0.1, 0.15) is 38.3 Å². The van der Waals surface area contributed by atoms with Gasteiger partial charge in [-0.2, -0.15) is 0 Å². The van der Waals surface area contributed by atoms with Crippen molar-refractivity contribution in [2.45, 2.75) is 39.0 Å². The van der Waals surface area contributed by atoms with E-state index >= 15 is 0 Å². The average molecular weight is 233 g/mol. The minimum atomic E-state index is 0.236. The Morgan fingerprint density at radius 2 is 2.18 bits per heavy atom. The second-order valence-electron chi connectivity index (χ2n) is 5.41. The molecule has 0 unspecified atom stereocenters. The van der Waals surface area contributed by atoms with Gasteiger partial charge in [-0.3, -0.25) is 0 Å². The SMILES string of the molecule is CCNCCC(C)(C)c1ccc2c(c1)CCO2. The van der Waals surface area contributed by atoms with Crippen molar-refractivity contribution in [3.05, 3.63) is 29.3 Å². The molecule has 0 fully saturated rings. The van der Waals surface area contributed by atoms with E-state index in [1.165, 1.54) is 17.5 Å². The predicted molar refractivity (Wildman–Crippen MR) is 71.8 cm³/mol. The highest BCUT2D eigenvalue weighted by molar-refractivity contribution is 5.42. The Kier molecular flexibility index (Phi) is 3.72. The number of rotatable bonds is 5. The summed E-state index contributed by atoms with van der Waals surface area (Å²) in [6, 6.07) is 6.68. The number of hydrogen-bond acceptors (Lipinski definition) is 2. The van der Waals surface area contributed by atoms with E-state index in [0.717, 1.165) is 31.9 Å². The quantitative estimate of drug-likeness (QED) is 0.790. The van der Waals surface area contributed by atoms with Gasteiger partial charge in [-0.25, -0.2) is 0 Å². The minimum Gasteiger partial charge on any atom is -0.493 e. The van der Waals surface area contributed by atoms with Crippen LogP contribution in [-0.4, -0.2) is 19.7 Å². The Labute approximate surface area is 104 Å². The first-order valence-electron chi connectivity index (χ1n) is 6.60. The third-order valence-electron chi connectivity index (χ3n) is 3.65. The molecule has 0 aromatic heterocycles. The molecule has 1 aromatic carbocycles. The molecule has 94 valence electrons. The van der Waals surface area contributed by atoms with E-state index in [9.17, 15) is 0 Å². The van der Waals surface area contributed by atoms with E-state index in [1.807, 2.05) is 0 Å². The second kappa shape index (κ2) is 5.09. The third kappa shape index (κ3) is 2.81. The molecule has 2 heteroatoms. The summed E-state index contributed by atoms with van der Waals surface area (Å²) in [6.45, 7) is 9.77. The molecule has 0 saturated heterocycles. The Bertz CT molecular complexity index is 385. The van der Waals surface area contributed by atoms with Gasteiger partial charge in [0.15, 0.2) is 0 Å². The van der Waals surface area contributed by atoms with Gasteiger partial charge in [0.2, 0.25) is 0 Å². The number of benzene rings is 1. The summed E-state index contributed by atoms with van der Waals surface area (Å²) in [4.78, 5) is 0. The Morgan fingerprint density at radius 3 is 2.94 bits per heavy atom. The zero-order valence-electron chi connectivity index (χ0n) is 11.2. The Morgan fingerprint density at radius 1 is 1.35 bits per heavy atom. The molecule has 1 aliphatic heterocycles. The number of fused-ring (bicyclic) bond motifs is 1. The van der Waals surface area contributed by atoms with Crippen molar-refractivity contribution in [1.82, 2.24) is 5.32 Å². The zero-order chi connectivity index (χ0) is 12.3. The van der Waals surface area contributed by atoms with E-state index in [0.29, 0.717) is 0 Å². The van der Waals surface area contributed by atoms with Gasteiger partial charge in [0, 0.05) is 6.42 Å². The topological polar surface area (TPSA) is 21.3 Å². The largest absolute Gasteiger partial charge is 0.493 e. The highest BCUT2D eigenvalue weighted by Crippen LogP contribution is 2.33. The van der Waals surface area contributed by atoms with Crippen LogP contribution in [0.15, 0.2) is 18.2 Å². The third-order valence-corrected chi connectivity index (χ3v) is 3.65. The molecule has 0 saturated carbocycles. The van der Waals surface area contributed by atoms with E-state index < -0.39 is 0 Å². The van der Waals surface area contributed by atoms with Crippen molar-refractivity contribution in [3.63, 3.8) is 0 Å². The average Bonchev–Trinajstić information content (AvgIpc) is 2.76. The van der Waals surface area contributed by atoms with Crippen LogP contribution in [0.25, 0.3) is 0 Å². The monoisotopic (exact) mass is 233 g/mol. The number of hydrogen-bond donors (Lipinski definition) is 1. The van der Waals surface area contributed by atoms with Gasteiger partial charge in [-0.05, 0) is 42.1 Å². The van der Waals surface area contributed by atoms with Crippen LogP contribution in [0, 0.1) is 0 Å². The van der Waals surface area contributed by atoms with Gasteiger partial charge in [0.25, 0.3) is 0 Å². The van der Waals surface area contributed by atoms with Crippen LogP contribution < -0.4 is 10.1 Å². The van der Waals surface area contributed by atoms with E-state index in [2.05, 4.69) is 44.3 Å². The first kappa shape index (κ1) is 12.4. The fourth-order valence-corrected chi connectivity index (χ4v) is 2.33. The Balaban J connectivity index is 2.10. The predicted octanol–water partition coefficient (Wildman–Crippen LogP) is 2.90. The summed E-state index contributed by atoms with van der Waals surface area (Å²) in [6.07, 6.45) is 2.23. The van der Waals surface area contributed by atoms with Crippen LogP contribution in [0.3, 0.4) is 0 Å². The lowest BCUT2D eigenvalue weighted by Gasteiger charge is -2.26. The smallest absolute Gasteiger partial charge is 0.122 e. The molecule has 1 heterocycles. The van der Waals surface area contributed by atoms with Gasteiger partial charge < -0.3 is 10.1 Å². The molecule has 0 bridgehead atoms. The molecule has 2 nitrogen and oxygen atoms in total. The lowest BCUT2D eigenvalue weighted by Crippen LogP contribution is -2.25. The molecule has 17 heavy (non-hydrogen) atoms. The van der Waals surface area contributed by atoms with Crippen molar-refractivity contribution in [2.75, 3.05) is 19.7 Å². The summed E-state index contributed by atoms with van der Waals surface area (Å²) in [7, 11) is 0. The van der Waals surface area contributed by atoms with E-state index in [-0.39, 0.29) is 5.41 Å². The highest BCUT2D eigenvalue weighted by atomic mass is 16.5. The molecule has 0 radical (unpaired) electrons. The van der Waals surface area contributed by atoms with E-state index in [4.69, 9.17) is 4.74 Å². The summed E-state index contributed by atoms with van der Waals surface area (Å²) >= 11 is 0. The Hall–Kier alpha value is -1.02. The van der Waals surface area contributed by atoms with Gasteiger partial charge in [-0.15, -0.1) is 0 Å². The summed E-state index contributed by atoms with van der Waals surface area (Å²) < 4.78 is 5.55. The van der Waals surface area contributed by atoms with Crippen molar-refractivity contribution in [2.24, 2.45) is 0 Å². The number of ether oxygens (including phenoxy) is 1.